The summed E-state index contributed by atoms with van der Waals surface area (Å²) in [4.78, 5) is 19.9. The average molecular weight is 397 g/mol. The number of nitrogens with zero attached hydrogens (tertiary/aromatic N) is 2. The molecule has 0 aromatic carbocycles. The van der Waals surface area contributed by atoms with Gasteiger partial charge < -0.3 is 25.0 Å². The van der Waals surface area contributed by atoms with Crippen LogP contribution in [0.3, 0.4) is 0 Å². The number of hydrogen-bond acceptors (Lipinski definition) is 5. The molecule has 2 rings (SSSR count). The summed E-state index contributed by atoms with van der Waals surface area (Å²) >= 11 is 1.78. The third-order valence-electron chi connectivity index (χ3n) is 4.34. The molecule has 7 nitrogen and oxygen atoms in total. The van der Waals surface area contributed by atoms with E-state index in [0.717, 1.165) is 32.4 Å². The second kappa shape index (κ2) is 12.7. The van der Waals surface area contributed by atoms with Crippen molar-refractivity contribution in [1.82, 2.24) is 15.5 Å². The minimum absolute atomic E-state index is 0.0929. The first-order valence-electron chi connectivity index (χ1n) is 9.67. The highest BCUT2D eigenvalue weighted by Gasteiger charge is 2.21. The highest BCUT2D eigenvalue weighted by atomic mass is 32.1. The van der Waals surface area contributed by atoms with Crippen LogP contribution in [0, 0.1) is 0 Å². The molecule has 0 aliphatic carbocycles. The van der Waals surface area contributed by atoms with E-state index >= 15 is 0 Å². The van der Waals surface area contributed by atoms with E-state index in [-0.39, 0.29) is 12.5 Å². The summed E-state index contributed by atoms with van der Waals surface area (Å²) in [6, 6.07) is 2.11. The summed E-state index contributed by atoms with van der Waals surface area (Å²) < 4.78 is 10.9. The lowest BCUT2D eigenvalue weighted by molar-refractivity contribution is -0.130. The molecule has 8 heteroatoms. The van der Waals surface area contributed by atoms with E-state index in [1.165, 1.54) is 10.4 Å². The van der Waals surface area contributed by atoms with Gasteiger partial charge in [0.1, 0.15) is 0 Å². The Morgan fingerprint density at radius 2 is 2.07 bits per heavy atom. The van der Waals surface area contributed by atoms with Gasteiger partial charge in [0.25, 0.3) is 0 Å². The molecule has 0 atom stereocenters. The maximum Gasteiger partial charge on any atom is 0.242 e. The number of carbonyl (C=O) groups is 1. The number of amides is 1. The van der Waals surface area contributed by atoms with E-state index < -0.39 is 0 Å². The molecule has 0 saturated heterocycles. The van der Waals surface area contributed by atoms with Crippen molar-refractivity contribution in [3.8, 4) is 0 Å². The van der Waals surface area contributed by atoms with Gasteiger partial charge in [-0.25, -0.2) is 0 Å². The lowest BCUT2D eigenvalue weighted by atomic mass is 10.1. The number of aliphatic imine (C=N–C) groups is 1. The first-order valence-corrected chi connectivity index (χ1v) is 10.6. The molecule has 1 aliphatic heterocycles. The second-order valence-electron chi connectivity index (χ2n) is 6.37. The third kappa shape index (κ3) is 7.86. The predicted octanol–water partition coefficient (Wildman–Crippen LogP) is 1.63. The lowest BCUT2D eigenvalue weighted by Crippen LogP contribution is -2.46. The zero-order valence-corrected chi connectivity index (χ0v) is 17.3. The van der Waals surface area contributed by atoms with E-state index in [0.29, 0.717) is 38.9 Å². The smallest absolute Gasteiger partial charge is 0.242 e. The number of hydrogen-bond donors (Lipinski definition) is 2. The van der Waals surface area contributed by atoms with E-state index in [1.807, 2.05) is 4.90 Å². The van der Waals surface area contributed by atoms with Crippen LogP contribution in [0.15, 0.2) is 16.4 Å². The number of nitrogens with one attached hydrogen (secondary N) is 2. The van der Waals surface area contributed by atoms with Crippen molar-refractivity contribution < 1.29 is 14.3 Å². The van der Waals surface area contributed by atoms with Gasteiger partial charge in [-0.15, -0.1) is 11.3 Å². The Kier molecular flexibility index (Phi) is 10.2. The molecule has 152 valence electrons. The van der Waals surface area contributed by atoms with Crippen LogP contribution in [0.25, 0.3) is 0 Å². The van der Waals surface area contributed by atoms with Gasteiger partial charge in [-0.3, -0.25) is 9.79 Å². The molecule has 0 unspecified atom stereocenters. The topological polar surface area (TPSA) is 75.2 Å². The van der Waals surface area contributed by atoms with Gasteiger partial charge in [-0.2, -0.15) is 0 Å². The van der Waals surface area contributed by atoms with Crippen LogP contribution >= 0.6 is 11.3 Å². The highest BCUT2D eigenvalue weighted by Crippen LogP contribution is 2.23. The summed E-state index contributed by atoms with van der Waals surface area (Å²) in [7, 11) is 1.70. The molecule has 1 aromatic heterocycles. The molecule has 1 amide bonds. The normalized spacial score (nSPS) is 14.1. The van der Waals surface area contributed by atoms with Crippen molar-refractivity contribution in [3.05, 3.63) is 21.9 Å². The molecule has 0 saturated carbocycles. The first-order chi connectivity index (χ1) is 13.2. The van der Waals surface area contributed by atoms with Crippen molar-refractivity contribution in [2.24, 2.45) is 4.99 Å². The monoisotopic (exact) mass is 396 g/mol. The van der Waals surface area contributed by atoms with Gasteiger partial charge >= 0.3 is 0 Å². The second-order valence-corrected chi connectivity index (χ2v) is 7.37. The Bertz CT molecular complexity index is 591. The van der Waals surface area contributed by atoms with Gasteiger partial charge in [-0.1, -0.05) is 13.3 Å². The standard InChI is InChI=1S/C19H32N4O3S/c1-3-4-9-25-11-12-26-10-7-21-19(20-2)22-14-18(24)23-8-5-17-16(15-23)6-13-27-17/h6,13H,3-5,7-12,14-15H2,1-2H3,(H2,20,21,22). The Morgan fingerprint density at radius 3 is 2.85 bits per heavy atom. The van der Waals surface area contributed by atoms with Crippen LogP contribution in [0.2, 0.25) is 0 Å². The van der Waals surface area contributed by atoms with Gasteiger partial charge in [0.15, 0.2) is 5.96 Å². The summed E-state index contributed by atoms with van der Waals surface area (Å²) in [5, 5.41) is 8.33. The Balaban J connectivity index is 1.54. The Labute approximate surface area is 166 Å². The molecule has 1 aromatic rings. The zero-order chi connectivity index (χ0) is 19.3. The zero-order valence-electron chi connectivity index (χ0n) is 16.5. The van der Waals surface area contributed by atoms with E-state index in [1.54, 1.807) is 18.4 Å². The fraction of sp³-hybridized carbons (Fsp3) is 0.684. The fourth-order valence-corrected chi connectivity index (χ4v) is 3.65. The van der Waals surface area contributed by atoms with Crippen LogP contribution in [-0.4, -0.2) is 69.9 Å². The summed E-state index contributed by atoms with van der Waals surface area (Å²) in [6.07, 6.45) is 3.19. The number of rotatable bonds is 11. The molecule has 0 spiro atoms. The molecule has 0 radical (unpaired) electrons. The molecule has 27 heavy (non-hydrogen) atoms. The first kappa shape index (κ1) is 21.7. The number of unbranched alkanes of at least 4 members (excludes halogenated alkanes) is 1. The summed E-state index contributed by atoms with van der Waals surface area (Å²) in [6.45, 7) is 7.10. The van der Waals surface area contributed by atoms with Crippen LogP contribution in [0.1, 0.15) is 30.2 Å². The molecule has 2 N–H and O–H groups in total. The largest absolute Gasteiger partial charge is 0.379 e. The lowest BCUT2D eigenvalue weighted by Gasteiger charge is -2.27. The van der Waals surface area contributed by atoms with E-state index in [9.17, 15) is 4.79 Å². The molecule has 2 heterocycles. The van der Waals surface area contributed by atoms with Crippen molar-refractivity contribution in [3.63, 3.8) is 0 Å². The average Bonchev–Trinajstić information content (AvgIpc) is 3.16. The van der Waals surface area contributed by atoms with Gasteiger partial charge in [0.05, 0.1) is 26.4 Å². The molecular weight excluding hydrogens is 364 g/mol. The van der Waals surface area contributed by atoms with Crippen molar-refractivity contribution >= 4 is 23.2 Å². The van der Waals surface area contributed by atoms with E-state index in [4.69, 9.17) is 9.47 Å². The SMILES string of the molecule is CCCCOCCOCCNC(=NC)NCC(=O)N1CCc2sccc2C1. The summed E-state index contributed by atoms with van der Waals surface area (Å²) in [5.41, 5.74) is 1.28. The van der Waals surface area contributed by atoms with Crippen molar-refractivity contribution in [1.29, 1.82) is 0 Å². The maximum absolute atomic E-state index is 12.4. The number of fused-ring (bicyclic) bond motifs is 1. The minimum atomic E-state index is 0.0929. The number of carbonyl (C=O) groups excluding carboxylic acids is 1. The van der Waals surface area contributed by atoms with Crippen LogP contribution in [0.5, 0.6) is 0 Å². The van der Waals surface area contributed by atoms with E-state index in [2.05, 4.69) is 34.0 Å². The maximum atomic E-state index is 12.4. The van der Waals surface area contributed by atoms with Crippen LogP contribution < -0.4 is 10.6 Å². The Hall–Kier alpha value is -1.64. The molecule has 0 fully saturated rings. The molecule has 1 aliphatic rings. The van der Waals surface area contributed by atoms with Crippen LogP contribution in [-0.2, 0) is 27.2 Å². The van der Waals surface area contributed by atoms with Gasteiger partial charge in [-0.05, 0) is 29.9 Å². The Morgan fingerprint density at radius 1 is 1.26 bits per heavy atom. The fourth-order valence-electron chi connectivity index (χ4n) is 2.76. The third-order valence-corrected chi connectivity index (χ3v) is 5.37. The van der Waals surface area contributed by atoms with Gasteiger partial charge in [0, 0.05) is 38.2 Å². The van der Waals surface area contributed by atoms with Crippen molar-refractivity contribution in [2.45, 2.75) is 32.7 Å². The van der Waals surface area contributed by atoms with Crippen LogP contribution in [0.4, 0.5) is 0 Å². The van der Waals surface area contributed by atoms with Crippen molar-refractivity contribution in [2.75, 3.05) is 53.1 Å². The summed E-state index contributed by atoms with van der Waals surface area (Å²) in [5.74, 6) is 0.703. The molecule has 0 bridgehead atoms. The number of thiophene rings is 1. The quantitative estimate of drug-likeness (QED) is 0.338. The minimum Gasteiger partial charge on any atom is -0.379 e. The number of guanidine groups is 1. The van der Waals surface area contributed by atoms with Gasteiger partial charge in [0.2, 0.25) is 5.91 Å². The molecular formula is C19H32N4O3S. The predicted molar refractivity (Wildman–Crippen MR) is 109 cm³/mol. The number of ether oxygens (including phenoxy) is 2. The highest BCUT2D eigenvalue weighted by molar-refractivity contribution is 7.10.